The average Bonchev–Trinajstić information content (AvgIpc) is 3.16. The van der Waals surface area contributed by atoms with Crippen LogP contribution in [-0.4, -0.2) is 35.8 Å². The third-order valence-electron chi connectivity index (χ3n) is 5.40. The third kappa shape index (κ3) is 4.47. The number of amides is 2. The first-order chi connectivity index (χ1) is 10.7. The minimum atomic E-state index is -0.128. The molecule has 0 spiro atoms. The fourth-order valence-corrected chi connectivity index (χ4v) is 3.81. The maximum atomic E-state index is 12.4. The zero-order valence-electron chi connectivity index (χ0n) is 14.3. The van der Waals surface area contributed by atoms with E-state index in [0.29, 0.717) is 24.9 Å². The van der Waals surface area contributed by atoms with Gasteiger partial charge in [-0.3, -0.25) is 9.59 Å². The maximum Gasteiger partial charge on any atom is 0.225 e. The van der Waals surface area contributed by atoms with Gasteiger partial charge in [-0.25, -0.2) is 0 Å². The SMILES string of the molecule is CCCC[C@@H](CC)CNC(=O)[C@H]1CC(=O)N(C2CCCC2)C1. The number of carbonyl (C=O) groups is 2. The Morgan fingerprint density at radius 3 is 2.68 bits per heavy atom. The van der Waals surface area contributed by atoms with Gasteiger partial charge in [-0.05, 0) is 25.2 Å². The van der Waals surface area contributed by atoms with Crippen LogP contribution in [0.15, 0.2) is 0 Å². The van der Waals surface area contributed by atoms with E-state index in [2.05, 4.69) is 19.2 Å². The lowest BCUT2D eigenvalue weighted by molar-refractivity contribution is -0.130. The Labute approximate surface area is 135 Å². The Bertz CT molecular complexity index is 377. The highest BCUT2D eigenvalue weighted by Crippen LogP contribution is 2.29. The molecule has 2 atom stereocenters. The molecular formula is C18H32N2O2. The summed E-state index contributed by atoms with van der Waals surface area (Å²) in [7, 11) is 0. The van der Waals surface area contributed by atoms with Gasteiger partial charge in [-0.2, -0.15) is 0 Å². The standard InChI is InChI=1S/C18H32N2O2/c1-3-5-8-14(4-2)12-19-18(22)15-11-17(21)20(13-15)16-9-6-7-10-16/h14-16H,3-13H2,1-2H3,(H,19,22)/t14-,15+/m1/s1. The van der Waals surface area contributed by atoms with Crippen molar-refractivity contribution < 1.29 is 9.59 Å². The summed E-state index contributed by atoms with van der Waals surface area (Å²) in [6, 6.07) is 0.401. The van der Waals surface area contributed by atoms with Gasteiger partial charge in [0.15, 0.2) is 0 Å². The Hall–Kier alpha value is -1.06. The van der Waals surface area contributed by atoms with Crippen LogP contribution in [0.25, 0.3) is 0 Å². The first kappa shape index (κ1) is 17.3. The molecule has 0 aromatic heterocycles. The molecule has 2 amide bonds. The Morgan fingerprint density at radius 1 is 1.32 bits per heavy atom. The van der Waals surface area contributed by atoms with Gasteiger partial charge in [0.05, 0.1) is 5.92 Å². The smallest absolute Gasteiger partial charge is 0.225 e. The molecule has 2 rings (SSSR count). The van der Waals surface area contributed by atoms with E-state index >= 15 is 0 Å². The maximum absolute atomic E-state index is 12.4. The van der Waals surface area contributed by atoms with Crippen molar-refractivity contribution >= 4 is 11.8 Å². The fourth-order valence-electron chi connectivity index (χ4n) is 3.81. The molecular weight excluding hydrogens is 276 g/mol. The normalized spacial score (nSPS) is 24.0. The molecule has 2 aliphatic rings. The molecule has 1 saturated heterocycles. The van der Waals surface area contributed by atoms with Crippen LogP contribution in [0.4, 0.5) is 0 Å². The van der Waals surface area contributed by atoms with Crippen LogP contribution in [0.2, 0.25) is 0 Å². The molecule has 0 unspecified atom stereocenters. The average molecular weight is 308 g/mol. The minimum absolute atomic E-state index is 0.0868. The number of likely N-dealkylation sites (tertiary alicyclic amines) is 1. The molecule has 2 fully saturated rings. The number of unbranched alkanes of at least 4 members (excludes halogenated alkanes) is 1. The second kappa shape index (κ2) is 8.54. The van der Waals surface area contributed by atoms with Crippen molar-refractivity contribution in [2.24, 2.45) is 11.8 Å². The van der Waals surface area contributed by atoms with Crippen molar-refractivity contribution in [3.63, 3.8) is 0 Å². The van der Waals surface area contributed by atoms with E-state index in [4.69, 9.17) is 0 Å². The fraction of sp³-hybridized carbons (Fsp3) is 0.889. The Morgan fingerprint density at radius 2 is 2.05 bits per heavy atom. The van der Waals surface area contributed by atoms with Crippen molar-refractivity contribution in [1.29, 1.82) is 0 Å². The summed E-state index contributed by atoms with van der Waals surface area (Å²) in [5.74, 6) is 0.720. The number of carbonyl (C=O) groups excluding carboxylic acids is 2. The quantitative estimate of drug-likeness (QED) is 0.749. The summed E-state index contributed by atoms with van der Waals surface area (Å²) < 4.78 is 0. The van der Waals surface area contributed by atoms with Crippen LogP contribution in [0.3, 0.4) is 0 Å². The van der Waals surface area contributed by atoms with Crippen LogP contribution < -0.4 is 5.32 Å². The third-order valence-corrected chi connectivity index (χ3v) is 5.40. The van der Waals surface area contributed by atoms with Crippen LogP contribution >= 0.6 is 0 Å². The van der Waals surface area contributed by atoms with Gasteiger partial charge >= 0.3 is 0 Å². The molecule has 1 saturated carbocycles. The lowest BCUT2D eigenvalue weighted by atomic mass is 9.99. The Kier molecular flexibility index (Phi) is 6.71. The first-order valence-electron chi connectivity index (χ1n) is 9.22. The molecule has 1 heterocycles. The highest BCUT2D eigenvalue weighted by molar-refractivity contribution is 5.89. The molecule has 1 aliphatic heterocycles. The number of rotatable bonds is 8. The highest BCUT2D eigenvalue weighted by atomic mass is 16.2. The summed E-state index contributed by atoms with van der Waals surface area (Å²) in [6.07, 6.45) is 9.83. The number of hydrogen-bond donors (Lipinski definition) is 1. The van der Waals surface area contributed by atoms with Gasteiger partial charge in [-0.1, -0.05) is 46.0 Å². The summed E-state index contributed by atoms with van der Waals surface area (Å²) in [4.78, 5) is 26.5. The van der Waals surface area contributed by atoms with Crippen LogP contribution in [0.1, 0.15) is 71.6 Å². The monoisotopic (exact) mass is 308 g/mol. The van der Waals surface area contributed by atoms with Gasteiger partial charge in [0, 0.05) is 25.6 Å². The van der Waals surface area contributed by atoms with Gasteiger partial charge in [-0.15, -0.1) is 0 Å². The largest absolute Gasteiger partial charge is 0.356 e. The van der Waals surface area contributed by atoms with Crippen molar-refractivity contribution in [2.75, 3.05) is 13.1 Å². The van der Waals surface area contributed by atoms with Crippen LogP contribution in [0, 0.1) is 11.8 Å². The lowest BCUT2D eigenvalue weighted by Gasteiger charge is -2.24. The van der Waals surface area contributed by atoms with Gasteiger partial charge in [0.25, 0.3) is 0 Å². The number of nitrogens with one attached hydrogen (secondary N) is 1. The molecule has 0 bridgehead atoms. The molecule has 0 aromatic carbocycles. The van der Waals surface area contributed by atoms with Crippen molar-refractivity contribution in [1.82, 2.24) is 10.2 Å². The van der Waals surface area contributed by atoms with E-state index in [1.807, 2.05) is 4.90 Å². The van der Waals surface area contributed by atoms with Crippen molar-refractivity contribution in [3.05, 3.63) is 0 Å². The topological polar surface area (TPSA) is 49.4 Å². The number of hydrogen-bond acceptors (Lipinski definition) is 2. The zero-order valence-corrected chi connectivity index (χ0v) is 14.3. The molecule has 22 heavy (non-hydrogen) atoms. The molecule has 0 radical (unpaired) electrons. The second-order valence-corrected chi connectivity index (χ2v) is 7.05. The predicted molar refractivity (Wildman–Crippen MR) is 88.4 cm³/mol. The molecule has 0 aromatic rings. The van der Waals surface area contributed by atoms with Crippen molar-refractivity contribution in [3.8, 4) is 0 Å². The van der Waals surface area contributed by atoms with E-state index in [1.165, 1.54) is 32.1 Å². The van der Waals surface area contributed by atoms with Crippen LogP contribution in [-0.2, 0) is 9.59 Å². The molecule has 4 heteroatoms. The van der Waals surface area contributed by atoms with Crippen LogP contribution in [0.5, 0.6) is 0 Å². The van der Waals surface area contributed by atoms with E-state index in [1.54, 1.807) is 0 Å². The molecule has 4 nitrogen and oxygen atoms in total. The molecule has 1 N–H and O–H groups in total. The minimum Gasteiger partial charge on any atom is -0.356 e. The van der Waals surface area contributed by atoms with Crippen molar-refractivity contribution in [2.45, 2.75) is 77.7 Å². The van der Waals surface area contributed by atoms with E-state index in [0.717, 1.165) is 25.8 Å². The first-order valence-corrected chi connectivity index (χ1v) is 9.22. The van der Waals surface area contributed by atoms with Gasteiger partial charge < -0.3 is 10.2 Å². The zero-order chi connectivity index (χ0) is 15.9. The van der Waals surface area contributed by atoms with Gasteiger partial charge in [0.2, 0.25) is 11.8 Å². The summed E-state index contributed by atoms with van der Waals surface area (Å²) in [6.45, 7) is 5.80. The number of nitrogens with zero attached hydrogens (tertiary/aromatic N) is 1. The summed E-state index contributed by atoms with van der Waals surface area (Å²) >= 11 is 0. The molecule has 1 aliphatic carbocycles. The molecule has 126 valence electrons. The Balaban J connectivity index is 1.77. The highest BCUT2D eigenvalue weighted by Gasteiger charge is 2.38. The summed E-state index contributed by atoms with van der Waals surface area (Å²) in [5.41, 5.74) is 0. The van der Waals surface area contributed by atoms with E-state index in [9.17, 15) is 9.59 Å². The van der Waals surface area contributed by atoms with Gasteiger partial charge in [0.1, 0.15) is 0 Å². The summed E-state index contributed by atoms with van der Waals surface area (Å²) in [5, 5.41) is 3.10. The lowest BCUT2D eigenvalue weighted by Crippen LogP contribution is -2.38. The predicted octanol–water partition coefficient (Wildman–Crippen LogP) is 3.11. The van der Waals surface area contributed by atoms with E-state index in [-0.39, 0.29) is 17.7 Å². The van der Waals surface area contributed by atoms with E-state index < -0.39 is 0 Å². The second-order valence-electron chi connectivity index (χ2n) is 7.05.